The number of carbonyl (C=O) groups is 1. The van der Waals surface area contributed by atoms with E-state index in [4.69, 9.17) is 10.5 Å². The van der Waals surface area contributed by atoms with Gasteiger partial charge in [-0.3, -0.25) is 4.79 Å². The van der Waals surface area contributed by atoms with E-state index in [1.165, 1.54) is 6.20 Å². The summed E-state index contributed by atoms with van der Waals surface area (Å²) < 4.78 is 22.5. The molecule has 3 N–H and O–H groups in total. The fourth-order valence-electron chi connectivity index (χ4n) is 3.83. The van der Waals surface area contributed by atoms with Crippen molar-refractivity contribution in [3.8, 4) is 5.75 Å². The predicted octanol–water partition coefficient (Wildman–Crippen LogP) is 1.58. The van der Waals surface area contributed by atoms with Crippen molar-refractivity contribution in [2.24, 2.45) is 11.7 Å². The van der Waals surface area contributed by atoms with Gasteiger partial charge in [-0.05, 0) is 18.9 Å². The van der Waals surface area contributed by atoms with Crippen molar-refractivity contribution in [1.29, 1.82) is 0 Å². The first-order valence-electron chi connectivity index (χ1n) is 8.57. The highest BCUT2D eigenvalue weighted by atomic mass is 19.1. The van der Waals surface area contributed by atoms with Gasteiger partial charge in [0.2, 0.25) is 5.43 Å². The molecule has 7 nitrogen and oxygen atoms in total. The number of anilines is 1. The third-order valence-corrected chi connectivity index (χ3v) is 5.36. The first kappa shape index (κ1) is 16.8. The Kier molecular flexibility index (Phi) is 3.69. The molecule has 0 saturated carbocycles. The Morgan fingerprint density at radius 3 is 2.73 bits per heavy atom. The van der Waals surface area contributed by atoms with Crippen LogP contribution in [0.3, 0.4) is 0 Å². The Bertz CT molecular complexity index is 977. The molecule has 0 aliphatic carbocycles. The minimum Gasteiger partial charge on any atom is -0.487 e. The molecule has 1 aromatic heterocycles. The van der Waals surface area contributed by atoms with Gasteiger partial charge in [-0.2, -0.15) is 0 Å². The third-order valence-electron chi connectivity index (χ3n) is 5.36. The summed E-state index contributed by atoms with van der Waals surface area (Å²) in [4.78, 5) is 25.8. The second-order valence-electron chi connectivity index (χ2n) is 7.22. The van der Waals surface area contributed by atoms with Crippen LogP contribution in [0.5, 0.6) is 5.75 Å². The molecule has 8 heteroatoms. The van der Waals surface area contributed by atoms with E-state index >= 15 is 0 Å². The van der Waals surface area contributed by atoms with Crippen molar-refractivity contribution < 1.29 is 19.0 Å². The number of benzene rings is 1. The SMILES string of the molecule is C[C@H]1CN(c2c(F)cc3c(=O)c(C(=O)O)cn4c3c2OC[C@@H]4C)C[C@H]1N. The van der Waals surface area contributed by atoms with Crippen molar-refractivity contribution in [3.63, 3.8) is 0 Å². The number of hydrogen-bond donors (Lipinski definition) is 2. The Morgan fingerprint density at radius 2 is 2.12 bits per heavy atom. The molecule has 1 aromatic carbocycles. The lowest BCUT2D eigenvalue weighted by Crippen LogP contribution is -2.31. The summed E-state index contributed by atoms with van der Waals surface area (Å²) in [6.07, 6.45) is 1.32. The summed E-state index contributed by atoms with van der Waals surface area (Å²) in [5.74, 6) is -1.44. The van der Waals surface area contributed by atoms with Crippen LogP contribution in [0.2, 0.25) is 0 Å². The van der Waals surface area contributed by atoms with Gasteiger partial charge in [0.1, 0.15) is 17.9 Å². The van der Waals surface area contributed by atoms with E-state index in [9.17, 15) is 19.1 Å². The van der Waals surface area contributed by atoms with Gasteiger partial charge in [0, 0.05) is 25.3 Å². The van der Waals surface area contributed by atoms with Crippen molar-refractivity contribution in [1.82, 2.24) is 4.57 Å². The minimum absolute atomic E-state index is 0.0178. The van der Waals surface area contributed by atoms with Crippen LogP contribution < -0.4 is 20.8 Å². The molecule has 4 rings (SSSR count). The van der Waals surface area contributed by atoms with Crippen LogP contribution in [0.1, 0.15) is 30.2 Å². The maximum atomic E-state index is 15.0. The number of carboxylic acids is 1. The summed E-state index contributed by atoms with van der Waals surface area (Å²) in [6.45, 7) is 5.21. The zero-order chi connectivity index (χ0) is 18.7. The van der Waals surface area contributed by atoms with Gasteiger partial charge >= 0.3 is 5.97 Å². The molecule has 2 aliphatic rings. The molecule has 2 aromatic rings. The van der Waals surface area contributed by atoms with E-state index in [0.717, 1.165) is 6.07 Å². The molecule has 3 atom stereocenters. The van der Waals surface area contributed by atoms with Crippen LogP contribution in [0, 0.1) is 11.7 Å². The average molecular weight is 361 g/mol. The fraction of sp³-hybridized carbons (Fsp3) is 0.444. The molecule has 0 unspecified atom stereocenters. The smallest absolute Gasteiger partial charge is 0.341 e. The summed E-state index contributed by atoms with van der Waals surface area (Å²) in [5.41, 5.74) is 5.72. The van der Waals surface area contributed by atoms with E-state index < -0.39 is 17.2 Å². The van der Waals surface area contributed by atoms with Crippen LogP contribution in [0.25, 0.3) is 10.9 Å². The molecular formula is C18H20FN3O4. The van der Waals surface area contributed by atoms with Gasteiger partial charge in [0.25, 0.3) is 0 Å². The average Bonchev–Trinajstić information content (AvgIpc) is 2.90. The van der Waals surface area contributed by atoms with E-state index in [1.54, 1.807) is 4.57 Å². The molecule has 3 heterocycles. The van der Waals surface area contributed by atoms with Gasteiger partial charge in [0.05, 0.1) is 16.9 Å². The molecule has 2 aliphatic heterocycles. The Hall–Kier alpha value is -2.61. The highest BCUT2D eigenvalue weighted by Gasteiger charge is 2.34. The lowest BCUT2D eigenvalue weighted by molar-refractivity contribution is 0.0694. The highest BCUT2D eigenvalue weighted by Crippen LogP contribution is 2.43. The van der Waals surface area contributed by atoms with Crippen LogP contribution in [-0.2, 0) is 0 Å². The monoisotopic (exact) mass is 361 g/mol. The van der Waals surface area contributed by atoms with Crippen molar-refractivity contribution in [2.45, 2.75) is 25.9 Å². The van der Waals surface area contributed by atoms with Crippen LogP contribution in [0.15, 0.2) is 17.1 Å². The molecule has 1 saturated heterocycles. The number of nitrogens with two attached hydrogens (primary N) is 1. The number of carboxylic acid groups (broad SMARTS) is 1. The molecule has 1 fully saturated rings. The van der Waals surface area contributed by atoms with Crippen LogP contribution in [-0.4, -0.2) is 41.4 Å². The largest absolute Gasteiger partial charge is 0.487 e. The Labute approximate surface area is 148 Å². The number of aromatic carboxylic acids is 1. The number of aromatic nitrogens is 1. The topological polar surface area (TPSA) is 97.8 Å². The maximum Gasteiger partial charge on any atom is 0.341 e. The fourth-order valence-corrected chi connectivity index (χ4v) is 3.83. The van der Waals surface area contributed by atoms with Gasteiger partial charge in [-0.15, -0.1) is 0 Å². The van der Waals surface area contributed by atoms with Gasteiger partial charge in [-0.25, -0.2) is 9.18 Å². The predicted molar refractivity (Wildman–Crippen MR) is 94.7 cm³/mol. The molecular weight excluding hydrogens is 341 g/mol. The number of pyridine rings is 1. The minimum atomic E-state index is -1.33. The van der Waals surface area contributed by atoms with E-state index in [2.05, 4.69) is 0 Å². The normalized spacial score (nSPS) is 24.8. The summed E-state index contributed by atoms with van der Waals surface area (Å²) in [6, 6.07) is 0.869. The van der Waals surface area contributed by atoms with Gasteiger partial charge < -0.3 is 25.0 Å². The number of nitrogens with zero attached hydrogens (tertiary/aromatic N) is 2. The first-order chi connectivity index (χ1) is 12.3. The first-order valence-corrected chi connectivity index (χ1v) is 8.57. The molecule has 0 radical (unpaired) electrons. The maximum absolute atomic E-state index is 15.0. The molecule has 26 heavy (non-hydrogen) atoms. The second kappa shape index (κ2) is 5.70. The zero-order valence-corrected chi connectivity index (χ0v) is 14.5. The lowest BCUT2D eigenvalue weighted by atomic mass is 10.1. The second-order valence-corrected chi connectivity index (χ2v) is 7.22. The standard InChI is InChI=1S/C18H20FN3O4/c1-8-4-21(6-13(8)20)15-12(19)3-10-14-17(15)26-7-9(2)22(14)5-11(16(10)23)18(24)25/h3,5,8-9,13H,4,6-7,20H2,1-2H3,(H,24,25)/t8-,9-,13+/m0/s1. The lowest BCUT2D eigenvalue weighted by Gasteiger charge is -2.31. The Balaban J connectivity index is 2.04. The molecule has 138 valence electrons. The number of ether oxygens (including phenoxy) is 1. The number of rotatable bonds is 2. The third kappa shape index (κ3) is 2.28. The summed E-state index contributed by atoms with van der Waals surface area (Å²) in [7, 11) is 0. The number of hydrogen-bond acceptors (Lipinski definition) is 5. The molecule has 0 bridgehead atoms. The van der Waals surface area contributed by atoms with Crippen LogP contribution in [0.4, 0.5) is 10.1 Å². The molecule has 0 amide bonds. The zero-order valence-electron chi connectivity index (χ0n) is 14.5. The summed E-state index contributed by atoms with van der Waals surface area (Å²) >= 11 is 0. The van der Waals surface area contributed by atoms with Crippen LogP contribution >= 0.6 is 0 Å². The van der Waals surface area contributed by atoms with E-state index in [1.807, 2.05) is 18.7 Å². The quantitative estimate of drug-likeness (QED) is 0.843. The van der Waals surface area contributed by atoms with E-state index in [0.29, 0.717) is 24.3 Å². The Morgan fingerprint density at radius 1 is 1.38 bits per heavy atom. The van der Waals surface area contributed by atoms with Crippen molar-refractivity contribution in [3.05, 3.63) is 33.9 Å². The van der Waals surface area contributed by atoms with Gasteiger partial charge in [0.15, 0.2) is 11.6 Å². The number of halogens is 1. The van der Waals surface area contributed by atoms with E-state index in [-0.39, 0.29) is 41.3 Å². The van der Waals surface area contributed by atoms with Crippen molar-refractivity contribution in [2.75, 3.05) is 24.6 Å². The molecule has 0 spiro atoms. The van der Waals surface area contributed by atoms with Gasteiger partial charge in [-0.1, -0.05) is 6.92 Å². The summed E-state index contributed by atoms with van der Waals surface area (Å²) in [5, 5.41) is 9.33. The highest BCUT2D eigenvalue weighted by molar-refractivity contribution is 5.97. The van der Waals surface area contributed by atoms with Crippen molar-refractivity contribution >= 4 is 22.6 Å².